The van der Waals surface area contributed by atoms with E-state index in [2.05, 4.69) is 42.0 Å². The minimum atomic E-state index is -0.201. The number of amides is 1. The van der Waals surface area contributed by atoms with E-state index in [0.29, 0.717) is 16.6 Å². The molecule has 0 spiro atoms. The second-order valence-corrected chi connectivity index (χ2v) is 7.53. The van der Waals surface area contributed by atoms with E-state index in [9.17, 15) is 4.79 Å². The molecule has 0 saturated carbocycles. The number of benzene rings is 2. The molecule has 2 aromatic carbocycles. The van der Waals surface area contributed by atoms with Crippen molar-refractivity contribution in [3.05, 3.63) is 58.6 Å². The van der Waals surface area contributed by atoms with Gasteiger partial charge in [-0.2, -0.15) is 5.10 Å². The molecule has 0 unspecified atom stereocenters. The van der Waals surface area contributed by atoms with Crippen molar-refractivity contribution in [2.75, 3.05) is 29.4 Å². The van der Waals surface area contributed by atoms with Crippen LogP contribution in [0.2, 0.25) is 0 Å². The molecule has 4 N–H and O–H groups in total. The summed E-state index contributed by atoms with van der Waals surface area (Å²) in [5.41, 5.74) is 4.28. The number of hydrogen-bond acceptors (Lipinski definition) is 8. The van der Waals surface area contributed by atoms with Crippen LogP contribution in [-0.4, -0.2) is 39.9 Å². The summed E-state index contributed by atoms with van der Waals surface area (Å²) in [6.07, 6.45) is 1.63. The number of nitrogen functional groups attached to an aromatic ring is 1. The Balaban J connectivity index is 1.53. The summed E-state index contributed by atoms with van der Waals surface area (Å²) in [7, 11) is 1.57. The summed E-state index contributed by atoms with van der Waals surface area (Å²) in [5, 5.41) is 15.2. The van der Waals surface area contributed by atoms with Gasteiger partial charge in [-0.05, 0) is 29.8 Å². The number of hydrogen-bond donors (Lipinski definition) is 3. The Labute approximate surface area is 179 Å². The Kier molecular flexibility index (Phi) is 7.09. The van der Waals surface area contributed by atoms with Gasteiger partial charge in [-0.1, -0.05) is 45.9 Å². The van der Waals surface area contributed by atoms with E-state index in [1.54, 1.807) is 37.6 Å². The Morgan fingerprint density at radius 2 is 2.14 bits per heavy atom. The van der Waals surface area contributed by atoms with E-state index in [-0.39, 0.29) is 17.6 Å². The van der Waals surface area contributed by atoms with Gasteiger partial charge >= 0.3 is 0 Å². The first-order chi connectivity index (χ1) is 14.0. The van der Waals surface area contributed by atoms with Gasteiger partial charge in [-0.15, -0.1) is 10.2 Å². The molecular weight excluding hydrogens is 458 g/mol. The third-order valence-electron chi connectivity index (χ3n) is 3.58. The molecule has 3 aromatic rings. The summed E-state index contributed by atoms with van der Waals surface area (Å²) >= 11 is 4.56. The zero-order valence-electron chi connectivity index (χ0n) is 15.4. The van der Waals surface area contributed by atoms with Gasteiger partial charge in [0.15, 0.2) is 0 Å². The number of aromatic nitrogens is 3. The average molecular weight is 476 g/mol. The first kappa shape index (κ1) is 20.7. The number of methoxy groups -OCH3 is 1. The normalized spacial score (nSPS) is 10.8. The Morgan fingerprint density at radius 1 is 1.31 bits per heavy atom. The lowest BCUT2D eigenvalue weighted by atomic mass is 10.2. The van der Waals surface area contributed by atoms with Gasteiger partial charge < -0.3 is 15.9 Å². The first-order valence-electron chi connectivity index (χ1n) is 8.37. The molecule has 1 aromatic heterocycles. The van der Waals surface area contributed by atoms with Gasteiger partial charge in [0.05, 0.1) is 19.1 Å². The molecule has 1 amide bonds. The summed E-state index contributed by atoms with van der Waals surface area (Å²) in [6.45, 7) is 0. The van der Waals surface area contributed by atoms with Crippen LogP contribution in [0.1, 0.15) is 5.56 Å². The van der Waals surface area contributed by atoms with Crippen LogP contribution in [0.4, 0.5) is 11.6 Å². The molecular formula is C18H18BrN7O2S. The van der Waals surface area contributed by atoms with Crippen LogP contribution < -0.4 is 21.3 Å². The number of carbonyl (C=O) groups is 1. The molecule has 0 aliphatic heterocycles. The number of nitrogens with one attached hydrogen (secondary N) is 2. The van der Waals surface area contributed by atoms with Crippen LogP contribution in [-0.2, 0) is 4.79 Å². The van der Waals surface area contributed by atoms with Crippen LogP contribution in [0.15, 0.2) is 63.3 Å². The Bertz CT molecular complexity index is 1020. The van der Waals surface area contributed by atoms with Crippen LogP contribution in [0, 0.1) is 0 Å². The maximum Gasteiger partial charge on any atom is 0.264 e. The standard InChI is InChI=1S/C18H18BrN7O2S/c1-28-15-7-3-6-14(9-15)22-16(27)11-29-18-25-24-17(26(18)20)23-21-10-12-4-2-5-13(19)8-12/h2-10H,11,20H2,1H3,(H,22,27)(H,23,24)/b21-10+. The van der Waals surface area contributed by atoms with Gasteiger partial charge in [-0.25, -0.2) is 10.1 Å². The van der Waals surface area contributed by atoms with Crippen molar-refractivity contribution in [3.63, 3.8) is 0 Å². The number of halogens is 1. The zero-order chi connectivity index (χ0) is 20.6. The van der Waals surface area contributed by atoms with E-state index in [4.69, 9.17) is 10.6 Å². The van der Waals surface area contributed by atoms with Gasteiger partial charge in [0.2, 0.25) is 11.1 Å². The van der Waals surface area contributed by atoms with Crippen LogP contribution in [0.25, 0.3) is 0 Å². The highest BCUT2D eigenvalue weighted by Gasteiger charge is 2.12. The summed E-state index contributed by atoms with van der Waals surface area (Å²) in [6, 6.07) is 14.8. The number of carbonyl (C=O) groups excluding carboxylic acids is 1. The fourth-order valence-corrected chi connectivity index (χ4v) is 3.30. The predicted octanol–water partition coefficient (Wildman–Crippen LogP) is 2.94. The topological polar surface area (TPSA) is 119 Å². The number of ether oxygens (including phenoxy) is 1. The number of rotatable bonds is 8. The largest absolute Gasteiger partial charge is 0.497 e. The fraction of sp³-hybridized carbons (Fsp3) is 0.111. The number of anilines is 2. The van der Waals surface area contributed by atoms with Gasteiger partial charge in [-0.3, -0.25) is 4.79 Å². The molecule has 0 radical (unpaired) electrons. The van der Waals surface area contributed by atoms with Gasteiger partial charge in [0.1, 0.15) is 5.75 Å². The monoisotopic (exact) mass is 475 g/mol. The lowest BCUT2D eigenvalue weighted by molar-refractivity contribution is -0.113. The predicted molar refractivity (Wildman–Crippen MR) is 118 cm³/mol. The minimum Gasteiger partial charge on any atom is -0.497 e. The van der Waals surface area contributed by atoms with Crippen molar-refractivity contribution in [1.82, 2.24) is 14.9 Å². The quantitative estimate of drug-likeness (QED) is 0.198. The second kappa shape index (κ2) is 9.94. The molecule has 150 valence electrons. The van der Waals surface area contributed by atoms with Crippen molar-refractivity contribution in [2.24, 2.45) is 5.10 Å². The molecule has 3 rings (SSSR count). The fourth-order valence-electron chi connectivity index (χ4n) is 2.23. The van der Waals surface area contributed by atoms with Crippen molar-refractivity contribution >= 4 is 51.4 Å². The smallest absolute Gasteiger partial charge is 0.264 e. The molecule has 29 heavy (non-hydrogen) atoms. The van der Waals surface area contributed by atoms with Crippen LogP contribution in [0.5, 0.6) is 5.75 Å². The average Bonchev–Trinajstić information content (AvgIpc) is 3.06. The maximum absolute atomic E-state index is 12.1. The molecule has 0 atom stereocenters. The summed E-state index contributed by atoms with van der Waals surface area (Å²) in [5.74, 6) is 6.80. The second-order valence-electron chi connectivity index (χ2n) is 5.67. The summed E-state index contributed by atoms with van der Waals surface area (Å²) < 4.78 is 7.33. The van der Waals surface area contributed by atoms with Crippen molar-refractivity contribution in [1.29, 1.82) is 0 Å². The van der Waals surface area contributed by atoms with Crippen molar-refractivity contribution in [3.8, 4) is 5.75 Å². The van der Waals surface area contributed by atoms with E-state index < -0.39 is 0 Å². The van der Waals surface area contributed by atoms with E-state index in [1.807, 2.05) is 24.3 Å². The molecule has 9 nitrogen and oxygen atoms in total. The highest BCUT2D eigenvalue weighted by molar-refractivity contribution is 9.10. The molecule has 0 aliphatic carbocycles. The molecule has 0 fully saturated rings. The minimum absolute atomic E-state index is 0.119. The SMILES string of the molecule is COc1cccc(NC(=O)CSc2nnc(N/N=C/c3cccc(Br)c3)n2N)c1. The lowest BCUT2D eigenvalue weighted by Gasteiger charge is -2.07. The van der Waals surface area contributed by atoms with Crippen molar-refractivity contribution < 1.29 is 9.53 Å². The Hall–Kier alpha value is -3.05. The third kappa shape index (κ3) is 5.96. The first-order valence-corrected chi connectivity index (χ1v) is 10.1. The number of hydrazone groups is 1. The number of nitrogens with zero attached hydrogens (tertiary/aromatic N) is 4. The van der Waals surface area contributed by atoms with E-state index in [0.717, 1.165) is 21.8 Å². The summed E-state index contributed by atoms with van der Waals surface area (Å²) in [4.78, 5) is 12.1. The molecule has 0 saturated heterocycles. The van der Waals surface area contributed by atoms with Gasteiger partial charge in [0, 0.05) is 16.2 Å². The van der Waals surface area contributed by atoms with Crippen LogP contribution >= 0.6 is 27.7 Å². The number of nitrogens with two attached hydrogens (primary N) is 1. The maximum atomic E-state index is 12.1. The van der Waals surface area contributed by atoms with Gasteiger partial charge in [0.25, 0.3) is 5.95 Å². The highest BCUT2D eigenvalue weighted by Crippen LogP contribution is 2.19. The molecule has 0 bridgehead atoms. The molecule has 1 heterocycles. The Morgan fingerprint density at radius 3 is 2.93 bits per heavy atom. The number of thioether (sulfide) groups is 1. The lowest BCUT2D eigenvalue weighted by Crippen LogP contribution is -2.16. The van der Waals surface area contributed by atoms with E-state index >= 15 is 0 Å². The highest BCUT2D eigenvalue weighted by atomic mass is 79.9. The zero-order valence-corrected chi connectivity index (χ0v) is 17.8. The molecule has 11 heteroatoms. The third-order valence-corrected chi connectivity index (χ3v) is 5.01. The molecule has 0 aliphatic rings. The van der Waals surface area contributed by atoms with Crippen LogP contribution in [0.3, 0.4) is 0 Å². The van der Waals surface area contributed by atoms with E-state index in [1.165, 1.54) is 4.68 Å². The van der Waals surface area contributed by atoms with Crippen molar-refractivity contribution in [2.45, 2.75) is 5.16 Å².